The van der Waals surface area contributed by atoms with Gasteiger partial charge in [0.2, 0.25) is 11.8 Å². The molecule has 0 spiro atoms. The second-order valence-electron chi connectivity index (χ2n) is 9.34. The van der Waals surface area contributed by atoms with Crippen LogP contribution >= 0.6 is 34.8 Å². The van der Waals surface area contributed by atoms with Crippen molar-refractivity contribution in [2.24, 2.45) is 5.92 Å². The monoisotopic (exact) mass is 609 g/mol. The topological polar surface area (TPSA) is 86.8 Å². The van der Waals surface area contributed by atoms with Crippen LogP contribution in [0.25, 0.3) is 0 Å². The van der Waals surface area contributed by atoms with E-state index in [1.807, 2.05) is 13.8 Å². The molecule has 11 heteroatoms. The van der Waals surface area contributed by atoms with E-state index in [4.69, 9.17) is 34.8 Å². The minimum absolute atomic E-state index is 0.0352. The molecule has 0 saturated heterocycles. The maximum absolute atomic E-state index is 13.9. The number of hydrogen-bond donors (Lipinski definition) is 1. The van der Waals surface area contributed by atoms with Gasteiger partial charge in [-0.15, -0.1) is 0 Å². The fourth-order valence-electron chi connectivity index (χ4n) is 3.75. The molecule has 39 heavy (non-hydrogen) atoms. The molecule has 0 aliphatic carbocycles. The highest BCUT2D eigenvalue weighted by molar-refractivity contribution is 7.92. The van der Waals surface area contributed by atoms with Crippen molar-refractivity contribution in [1.82, 2.24) is 10.2 Å². The maximum Gasteiger partial charge on any atom is 0.264 e. The summed E-state index contributed by atoms with van der Waals surface area (Å²) in [7, 11) is -4.18. The lowest BCUT2D eigenvalue weighted by Gasteiger charge is -2.32. The van der Waals surface area contributed by atoms with Gasteiger partial charge in [0.15, 0.2) is 0 Å². The van der Waals surface area contributed by atoms with Gasteiger partial charge in [0, 0.05) is 33.7 Å². The molecule has 0 unspecified atom stereocenters. The Hall–Kier alpha value is -2.78. The third kappa shape index (κ3) is 7.88. The Kier molecular flexibility index (Phi) is 10.7. The molecule has 3 aromatic rings. The van der Waals surface area contributed by atoms with Crippen molar-refractivity contribution in [3.05, 3.63) is 93.4 Å². The van der Waals surface area contributed by atoms with Gasteiger partial charge >= 0.3 is 0 Å². The number of nitrogens with one attached hydrogen (secondary N) is 1. The lowest BCUT2D eigenvalue weighted by atomic mass is 10.1. The third-order valence-electron chi connectivity index (χ3n) is 5.97. The first-order valence-corrected chi connectivity index (χ1v) is 14.8. The number of benzene rings is 3. The molecule has 0 aliphatic heterocycles. The van der Waals surface area contributed by atoms with Crippen molar-refractivity contribution in [2.75, 3.05) is 17.4 Å². The van der Waals surface area contributed by atoms with E-state index in [0.717, 1.165) is 4.31 Å². The fourth-order valence-corrected chi connectivity index (χ4v) is 5.80. The van der Waals surface area contributed by atoms with E-state index in [2.05, 4.69) is 5.32 Å². The van der Waals surface area contributed by atoms with Gasteiger partial charge in [-0.05, 0) is 61.4 Å². The van der Waals surface area contributed by atoms with Crippen molar-refractivity contribution >= 4 is 62.3 Å². The second-order valence-corrected chi connectivity index (χ2v) is 12.5. The summed E-state index contributed by atoms with van der Waals surface area (Å²) in [6.45, 7) is 5.24. The Labute approximate surface area is 244 Å². The summed E-state index contributed by atoms with van der Waals surface area (Å²) >= 11 is 18.8. The molecule has 0 bridgehead atoms. The average molecular weight is 611 g/mol. The molecular weight excluding hydrogens is 581 g/mol. The first-order chi connectivity index (χ1) is 18.4. The van der Waals surface area contributed by atoms with E-state index in [1.165, 1.54) is 29.2 Å². The van der Waals surface area contributed by atoms with Crippen LogP contribution in [0.1, 0.15) is 26.3 Å². The Morgan fingerprint density at radius 3 is 2.00 bits per heavy atom. The van der Waals surface area contributed by atoms with Crippen molar-refractivity contribution in [1.29, 1.82) is 0 Å². The van der Waals surface area contributed by atoms with Crippen LogP contribution in [0.2, 0.25) is 15.1 Å². The fraction of sp³-hybridized carbons (Fsp3) is 0.286. The zero-order valence-electron chi connectivity index (χ0n) is 21.8. The first kappa shape index (κ1) is 30.8. The number of sulfonamides is 1. The van der Waals surface area contributed by atoms with Gasteiger partial charge in [0.05, 0.1) is 10.6 Å². The molecule has 7 nitrogen and oxygen atoms in total. The smallest absolute Gasteiger partial charge is 0.264 e. The summed E-state index contributed by atoms with van der Waals surface area (Å²) in [4.78, 5) is 28.2. The van der Waals surface area contributed by atoms with E-state index in [-0.39, 0.29) is 29.0 Å². The Bertz CT molecular complexity index is 1380. The Balaban J connectivity index is 2.02. The van der Waals surface area contributed by atoms with Gasteiger partial charge in [-0.1, -0.05) is 72.9 Å². The van der Waals surface area contributed by atoms with Gasteiger partial charge in [0.1, 0.15) is 12.6 Å². The minimum atomic E-state index is -4.18. The third-order valence-corrected chi connectivity index (χ3v) is 8.71. The SMILES string of the molecule is CC(C)CNC(=O)[C@@H](C)N(Cc1c(Cl)cccc1Cl)C(=O)CN(c1ccccc1)S(=O)(=O)c1ccc(Cl)cc1. The normalized spacial score (nSPS) is 12.2. The van der Waals surface area contributed by atoms with Crippen molar-refractivity contribution in [3.8, 4) is 0 Å². The number of hydrogen-bond acceptors (Lipinski definition) is 4. The summed E-state index contributed by atoms with van der Waals surface area (Å²) < 4.78 is 28.5. The van der Waals surface area contributed by atoms with Gasteiger partial charge in [-0.3, -0.25) is 13.9 Å². The van der Waals surface area contributed by atoms with Crippen LogP contribution in [0.4, 0.5) is 5.69 Å². The molecule has 0 aliphatic rings. The van der Waals surface area contributed by atoms with E-state index < -0.39 is 28.5 Å². The minimum Gasteiger partial charge on any atom is -0.354 e. The molecule has 0 aromatic heterocycles. The zero-order chi connectivity index (χ0) is 28.7. The number of halogens is 3. The molecule has 208 valence electrons. The highest BCUT2D eigenvalue weighted by Crippen LogP contribution is 2.28. The standard InChI is InChI=1S/C28H30Cl3N3O4S/c1-19(2)16-32-28(36)20(3)33(17-24-25(30)10-7-11-26(24)31)27(35)18-34(22-8-5-4-6-9-22)39(37,38)23-14-12-21(29)13-15-23/h4-15,19-20H,16-18H2,1-3H3,(H,32,36)/t20-/m1/s1. The molecular formula is C28H30Cl3N3O4S. The summed E-state index contributed by atoms with van der Waals surface area (Å²) in [5.41, 5.74) is 0.734. The van der Waals surface area contributed by atoms with E-state index in [1.54, 1.807) is 55.5 Å². The van der Waals surface area contributed by atoms with E-state index in [0.29, 0.717) is 27.2 Å². The number of carbonyl (C=O) groups is 2. The number of amides is 2. The van der Waals surface area contributed by atoms with Crippen molar-refractivity contribution in [3.63, 3.8) is 0 Å². The Morgan fingerprint density at radius 1 is 0.846 bits per heavy atom. The van der Waals surface area contributed by atoms with Gasteiger partial charge in [-0.2, -0.15) is 0 Å². The van der Waals surface area contributed by atoms with E-state index >= 15 is 0 Å². The maximum atomic E-state index is 13.9. The molecule has 0 saturated carbocycles. The summed E-state index contributed by atoms with van der Waals surface area (Å²) in [6.07, 6.45) is 0. The van der Waals surface area contributed by atoms with Gasteiger partial charge in [0.25, 0.3) is 10.0 Å². The van der Waals surface area contributed by atoms with Crippen LogP contribution in [0.15, 0.2) is 77.7 Å². The van der Waals surface area contributed by atoms with Crippen LogP contribution in [-0.2, 0) is 26.2 Å². The highest BCUT2D eigenvalue weighted by atomic mass is 35.5. The predicted octanol–water partition coefficient (Wildman–Crippen LogP) is 6.03. The molecule has 0 heterocycles. The van der Waals surface area contributed by atoms with Crippen LogP contribution in [0, 0.1) is 5.92 Å². The van der Waals surface area contributed by atoms with Crippen LogP contribution in [-0.4, -0.2) is 44.3 Å². The number of carbonyl (C=O) groups excluding carboxylic acids is 2. The Morgan fingerprint density at radius 2 is 1.44 bits per heavy atom. The number of para-hydroxylation sites is 1. The van der Waals surface area contributed by atoms with Crippen molar-refractivity contribution in [2.45, 2.75) is 38.3 Å². The summed E-state index contributed by atoms with van der Waals surface area (Å²) in [5.74, 6) is -0.798. The van der Waals surface area contributed by atoms with Crippen LogP contribution in [0.3, 0.4) is 0 Å². The number of anilines is 1. The molecule has 1 N–H and O–H groups in total. The second kappa shape index (κ2) is 13.5. The zero-order valence-corrected chi connectivity index (χ0v) is 24.9. The number of rotatable bonds is 11. The van der Waals surface area contributed by atoms with Gasteiger partial charge < -0.3 is 10.2 Å². The summed E-state index contributed by atoms with van der Waals surface area (Å²) in [6, 6.07) is 18.0. The number of nitrogens with zero attached hydrogens (tertiary/aromatic N) is 2. The van der Waals surface area contributed by atoms with Crippen LogP contribution in [0.5, 0.6) is 0 Å². The molecule has 1 atom stereocenters. The molecule has 0 fully saturated rings. The molecule has 3 aromatic carbocycles. The van der Waals surface area contributed by atoms with E-state index in [9.17, 15) is 18.0 Å². The lowest BCUT2D eigenvalue weighted by Crippen LogP contribution is -2.51. The lowest BCUT2D eigenvalue weighted by molar-refractivity contribution is -0.139. The molecule has 2 amide bonds. The average Bonchev–Trinajstić information content (AvgIpc) is 2.90. The first-order valence-electron chi connectivity index (χ1n) is 12.2. The summed E-state index contributed by atoms with van der Waals surface area (Å²) in [5, 5.41) is 3.86. The molecule has 0 radical (unpaired) electrons. The quantitative estimate of drug-likeness (QED) is 0.287. The highest BCUT2D eigenvalue weighted by Gasteiger charge is 2.33. The van der Waals surface area contributed by atoms with Crippen LogP contribution < -0.4 is 9.62 Å². The van der Waals surface area contributed by atoms with Crippen molar-refractivity contribution < 1.29 is 18.0 Å². The van der Waals surface area contributed by atoms with Gasteiger partial charge in [-0.25, -0.2) is 8.42 Å². The predicted molar refractivity (Wildman–Crippen MR) is 157 cm³/mol. The largest absolute Gasteiger partial charge is 0.354 e. The molecule has 3 rings (SSSR count).